The first kappa shape index (κ1) is 11.4. The fourth-order valence-electron chi connectivity index (χ4n) is 1.50. The van der Waals surface area contributed by atoms with Gasteiger partial charge in [0.1, 0.15) is 0 Å². The predicted molar refractivity (Wildman–Crippen MR) is 68.9 cm³/mol. The summed E-state index contributed by atoms with van der Waals surface area (Å²) < 4.78 is 0. The third kappa shape index (κ3) is 2.53. The van der Waals surface area contributed by atoms with Crippen molar-refractivity contribution in [3.05, 3.63) is 36.0 Å². The van der Waals surface area contributed by atoms with Gasteiger partial charge in [0.15, 0.2) is 0 Å². The van der Waals surface area contributed by atoms with Crippen molar-refractivity contribution in [1.82, 2.24) is 10.4 Å². The predicted octanol–water partition coefficient (Wildman–Crippen LogP) is 2.27. The van der Waals surface area contributed by atoms with Crippen LogP contribution in [0.3, 0.4) is 0 Å². The van der Waals surface area contributed by atoms with Crippen LogP contribution in [-0.4, -0.2) is 17.1 Å². The summed E-state index contributed by atoms with van der Waals surface area (Å²) in [6.45, 7) is 3.66. The van der Waals surface area contributed by atoms with Gasteiger partial charge in [0.2, 0.25) is 5.91 Å². The van der Waals surface area contributed by atoms with Crippen molar-refractivity contribution in [2.75, 3.05) is 0 Å². The van der Waals surface area contributed by atoms with Gasteiger partial charge in [0.25, 0.3) is 0 Å². The molecule has 0 unspecified atom stereocenters. The monoisotopic (exact) mass is 229 g/mol. The quantitative estimate of drug-likeness (QED) is 0.615. The van der Waals surface area contributed by atoms with Crippen LogP contribution in [0.5, 0.6) is 0 Å². The second-order valence-corrected chi connectivity index (χ2v) is 4.18. The molecule has 0 radical (unpaired) electrons. The lowest BCUT2D eigenvalue weighted by Gasteiger charge is -2.00. The van der Waals surface area contributed by atoms with Gasteiger partial charge in [-0.15, -0.1) is 0 Å². The second kappa shape index (κ2) is 4.82. The Morgan fingerprint density at radius 3 is 2.94 bits per heavy atom. The average Bonchev–Trinajstić information content (AvgIpc) is 2.72. The Kier molecular flexibility index (Phi) is 3.23. The van der Waals surface area contributed by atoms with E-state index in [0.29, 0.717) is 0 Å². The number of rotatable bonds is 3. The van der Waals surface area contributed by atoms with Crippen LogP contribution in [0.15, 0.2) is 35.6 Å². The number of hydrogen-bond donors (Lipinski definition) is 2. The molecule has 2 aromatic rings. The summed E-state index contributed by atoms with van der Waals surface area (Å²) in [4.78, 5) is 14.4. The van der Waals surface area contributed by atoms with Gasteiger partial charge in [-0.2, -0.15) is 5.10 Å². The summed E-state index contributed by atoms with van der Waals surface area (Å²) >= 11 is 0. The molecule has 17 heavy (non-hydrogen) atoms. The lowest BCUT2D eigenvalue weighted by Crippen LogP contribution is -2.22. The molecule has 0 bridgehead atoms. The number of benzene rings is 1. The highest BCUT2D eigenvalue weighted by atomic mass is 16.2. The first-order chi connectivity index (χ1) is 8.18. The van der Waals surface area contributed by atoms with Gasteiger partial charge in [-0.05, 0) is 6.07 Å². The standard InChI is InChI=1S/C13H15N3O/c1-9(2)13(17)16-15-8-10-7-14-12-6-4-3-5-11(10)12/h3-9,14H,1-2H3,(H,16,17). The molecule has 1 amide bonds. The molecule has 0 aliphatic rings. The van der Waals surface area contributed by atoms with Crippen molar-refractivity contribution in [3.63, 3.8) is 0 Å². The first-order valence-corrected chi connectivity index (χ1v) is 5.57. The zero-order valence-electron chi connectivity index (χ0n) is 9.90. The van der Waals surface area contributed by atoms with E-state index in [9.17, 15) is 4.79 Å². The van der Waals surface area contributed by atoms with E-state index in [2.05, 4.69) is 15.5 Å². The summed E-state index contributed by atoms with van der Waals surface area (Å²) in [6.07, 6.45) is 3.52. The molecule has 0 aliphatic carbocycles. The molecule has 4 heteroatoms. The Morgan fingerprint density at radius 2 is 2.18 bits per heavy atom. The normalized spacial score (nSPS) is 11.5. The van der Waals surface area contributed by atoms with E-state index in [1.54, 1.807) is 6.21 Å². The maximum atomic E-state index is 11.3. The largest absolute Gasteiger partial charge is 0.361 e. The number of H-pyrrole nitrogens is 1. The number of amides is 1. The number of carbonyl (C=O) groups is 1. The molecule has 0 atom stereocenters. The molecule has 4 nitrogen and oxygen atoms in total. The summed E-state index contributed by atoms with van der Waals surface area (Å²) in [5.41, 5.74) is 4.52. The van der Waals surface area contributed by atoms with Gasteiger partial charge in [0, 0.05) is 28.6 Å². The topological polar surface area (TPSA) is 57.2 Å². The number of nitrogens with one attached hydrogen (secondary N) is 2. The van der Waals surface area contributed by atoms with Crippen LogP contribution in [0, 0.1) is 5.92 Å². The minimum atomic E-state index is -0.0823. The molecule has 0 saturated carbocycles. The number of hydrogen-bond acceptors (Lipinski definition) is 2. The maximum Gasteiger partial charge on any atom is 0.242 e. The molecule has 2 rings (SSSR count). The van der Waals surface area contributed by atoms with Crippen LogP contribution in [0.1, 0.15) is 19.4 Å². The fourth-order valence-corrected chi connectivity index (χ4v) is 1.50. The summed E-state index contributed by atoms with van der Waals surface area (Å²) in [5.74, 6) is -0.142. The van der Waals surface area contributed by atoms with Crippen LogP contribution in [0.2, 0.25) is 0 Å². The summed E-state index contributed by atoms with van der Waals surface area (Å²) in [7, 11) is 0. The number of para-hydroxylation sites is 1. The number of nitrogens with zero attached hydrogens (tertiary/aromatic N) is 1. The van der Waals surface area contributed by atoms with Gasteiger partial charge < -0.3 is 4.98 Å². The molecule has 0 aliphatic heterocycles. The van der Waals surface area contributed by atoms with Gasteiger partial charge in [-0.1, -0.05) is 32.0 Å². The highest BCUT2D eigenvalue weighted by molar-refractivity contribution is 5.99. The number of aromatic nitrogens is 1. The number of hydrazone groups is 1. The van der Waals surface area contributed by atoms with E-state index in [1.165, 1.54) is 0 Å². The second-order valence-electron chi connectivity index (χ2n) is 4.18. The highest BCUT2D eigenvalue weighted by Crippen LogP contribution is 2.15. The van der Waals surface area contributed by atoms with E-state index in [0.717, 1.165) is 16.5 Å². The van der Waals surface area contributed by atoms with E-state index in [1.807, 2.05) is 44.3 Å². The molecule has 0 saturated heterocycles. The summed E-state index contributed by atoms with van der Waals surface area (Å²) in [6, 6.07) is 7.96. The first-order valence-electron chi connectivity index (χ1n) is 5.57. The number of carbonyl (C=O) groups excluding carboxylic acids is 1. The number of aromatic amines is 1. The molecule has 1 aromatic heterocycles. The number of fused-ring (bicyclic) bond motifs is 1. The molecule has 0 spiro atoms. The van der Waals surface area contributed by atoms with E-state index in [-0.39, 0.29) is 11.8 Å². The molecule has 88 valence electrons. The minimum Gasteiger partial charge on any atom is -0.361 e. The van der Waals surface area contributed by atoms with Crippen LogP contribution in [0.25, 0.3) is 10.9 Å². The fraction of sp³-hybridized carbons (Fsp3) is 0.231. The lowest BCUT2D eigenvalue weighted by molar-refractivity contribution is -0.123. The Balaban J connectivity index is 2.13. The summed E-state index contributed by atoms with van der Waals surface area (Å²) in [5, 5.41) is 5.03. The molecule has 1 aromatic carbocycles. The third-order valence-corrected chi connectivity index (χ3v) is 2.52. The van der Waals surface area contributed by atoms with Gasteiger partial charge in [-0.25, -0.2) is 5.43 Å². The van der Waals surface area contributed by atoms with Crippen molar-refractivity contribution >= 4 is 23.0 Å². The SMILES string of the molecule is CC(C)C(=O)NN=Cc1c[nH]c2ccccc12. The van der Waals surface area contributed by atoms with Gasteiger partial charge >= 0.3 is 0 Å². The van der Waals surface area contributed by atoms with Gasteiger partial charge in [-0.3, -0.25) is 4.79 Å². The molecule has 0 fully saturated rings. The van der Waals surface area contributed by atoms with Crippen LogP contribution in [0.4, 0.5) is 0 Å². The Hall–Kier alpha value is -2.10. The average molecular weight is 229 g/mol. The molecule has 2 N–H and O–H groups in total. The van der Waals surface area contributed by atoms with E-state index >= 15 is 0 Å². The zero-order valence-corrected chi connectivity index (χ0v) is 9.90. The Bertz CT molecular complexity index is 555. The zero-order chi connectivity index (χ0) is 12.3. The minimum absolute atomic E-state index is 0.0601. The van der Waals surface area contributed by atoms with Crippen LogP contribution in [-0.2, 0) is 4.79 Å². The van der Waals surface area contributed by atoms with Crippen molar-refractivity contribution < 1.29 is 4.79 Å². The maximum absolute atomic E-state index is 11.3. The van der Waals surface area contributed by atoms with Crippen molar-refractivity contribution in [2.24, 2.45) is 11.0 Å². The molecular weight excluding hydrogens is 214 g/mol. The lowest BCUT2D eigenvalue weighted by atomic mass is 10.2. The van der Waals surface area contributed by atoms with Crippen molar-refractivity contribution in [2.45, 2.75) is 13.8 Å². The van der Waals surface area contributed by atoms with E-state index in [4.69, 9.17) is 0 Å². The Labute approximate surface area is 99.7 Å². The van der Waals surface area contributed by atoms with Crippen LogP contribution >= 0.6 is 0 Å². The van der Waals surface area contributed by atoms with Crippen LogP contribution < -0.4 is 5.43 Å². The molecule has 1 heterocycles. The Morgan fingerprint density at radius 1 is 1.41 bits per heavy atom. The highest BCUT2D eigenvalue weighted by Gasteiger charge is 2.04. The molecular formula is C13H15N3O. The van der Waals surface area contributed by atoms with Gasteiger partial charge in [0.05, 0.1) is 6.21 Å². The smallest absolute Gasteiger partial charge is 0.242 e. The third-order valence-electron chi connectivity index (χ3n) is 2.52. The van der Waals surface area contributed by atoms with E-state index < -0.39 is 0 Å². The van der Waals surface area contributed by atoms with Crippen molar-refractivity contribution in [1.29, 1.82) is 0 Å². The van der Waals surface area contributed by atoms with Crippen molar-refractivity contribution in [3.8, 4) is 0 Å².